The molecule has 0 aromatic rings. The van der Waals surface area contributed by atoms with Gasteiger partial charge in [-0.25, -0.2) is 0 Å². The van der Waals surface area contributed by atoms with Gasteiger partial charge in [-0.15, -0.1) is 0 Å². The van der Waals surface area contributed by atoms with Crippen molar-refractivity contribution in [3.8, 4) is 0 Å². The van der Waals surface area contributed by atoms with Crippen molar-refractivity contribution in [1.29, 1.82) is 0 Å². The molecule has 0 aliphatic heterocycles. The van der Waals surface area contributed by atoms with E-state index in [0.29, 0.717) is 157 Å². The number of aliphatic hydroxyl groups excluding tert-OH is 6. The molecular weight excluding hydrogens is 1570 g/mol. The molecule has 0 saturated carbocycles. The Bertz CT molecular complexity index is 2040. The van der Waals surface area contributed by atoms with E-state index in [1.54, 1.807) is 0 Å². The number of amides is 4. The number of hydrogen-bond donors (Lipinski definition) is 12. The Morgan fingerprint density at radius 3 is 0.548 bits per heavy atom. The van der Waals surface area contributed by atoms with Gasteiger partial charge in [-0.05, 0) is 38.5 Å². The lowest BCUT2D eigenvalue weighted by atomic mass is 10.0. The third kappa shape index (κ3) is 91.9. The van der Waals surface area contributed by atoms with Crippen molar-refractivity contribution in [3.05, 3.63) is 0 Å². The molecule has 0 rings (SSSR count). The van der Waals surface area contributed by atoms with Gasteiger partial charge in [0.15, 0.2) is 0 Å². The van der Waals surface area contributed by atoms with Crippen LogP contribution in [0.15, 0.2) is 0 Å². The first-order valence-corrected chi connectivity index (χ1v) is 55.0. The number of carbonyl (C=O) groups excluding carboxylic acids is 4. The summed E-state index contributed by atoms with van der Waals surface area (Å²) in [6, 6.07) is 0. The molecule has 750 valence electrons. The summed E-state index contributed by atoms with van der Waals surface area (Å²) in [7, 11) is 0. The Morgan fingerprint density at radius 1 is 0.190 bits per heavy atom. The summed E-state index contributed by atoms with van der Waals surface area (Å²) >= 11 is 0. The highest BCUT2D eigenvalue weighted by Gasteiger charge is 2.22. The van der Waals surface area contributed by atoms with Gasteiger partial charge < -0.3 is 72.3 Å². The van der Waals surface area contributed by atoms with Crippen molar-refractivity contribution in [2.45, 2.75) is 528 Å². The number of unbranched alkanes of at least 4 members (excludes halogenated alkanes) is 54. The molecule has 20 heteroatoms. The molecule has 0 bridgehead atoms. The molecule has 0 aliphatic rings. The van der Waals surface area contributed by atoms with Crippen LogP contribution in [0.5, 0.6) is 0 Å². The molecule has 0 aliphatic carbocycles. The van der Waals surface area contributed by atoms with Crippen molar-refractivity contribution < 1.29 is 49.8 Å². The van der Waals surface area contributed by atoms with E-state index in [-0.39, 0.29) is 49.3 Å². The van der Waals surface area contributed by atoms with Crippen LogP contribution in [-0.2, 0) is 19.2 Å². The third-order valence-corrected chi connectivity index (χ3v) is 26.1. The molecule has 0 saturated heterocycles. The molecule has 20 nitrogen and oxygen atoms in total. The molecule has 4 amide bonds. The van der Waals surface area contributed by atoms with Gasteiger partial charge in [0.25, 0.3) is 0 Å². The summed E-state index contributed by atoms with van der Waals surface area (Å²) in [5.74, 6) is -0.484. The van der Waals surface area contributed by atoms with Gasteiger partial charge >= 0.3 is 0 Å². The molecule has 0 heterocycles. The van der Waals surface area contributed by atoms with Crippen LogP contribution in [0.2, 0.25) is 0 Å². The molecule has 6 atom stereocenters. The largest absolute Gasteiger partial charge is 0.392 e. The summed E-state index contributed by atoms with van der Waals surface area (Å²) in [6.07, 6.45) is 76.3. The molecular formula is C106H216N10O10. The highest BCUT2D eigenvalue weighted by Crippen LogP contribution is 2.21. The van der Waals surface area contributed by atoms with Crippen LogP contribution in [-0.4, -0.2) is 241 Å². The van der Waals surface area contributed by atoms with E-state index in [2.05, 4.69) is 93.0 Å². The number of aliphatic hydroxyl groups is 6. The second-order valence-corrected chi connectivity index (χ2v) is 38.8. The predicted octanol–water partition coefficient (Wildman–Crippen LogP) is 21.4. The molecule has 0 aromatic heterocycles. The first-order valence-electron chi connectivity index (χ1n) is 55.0. The Balaban J connectivity index is 6.60. The van der Waals surface area contributed by atoms with E-state index in [1.165, 1.54) is 308 Å². The van der Waals surface area contributed by atoms with Gasteiger partial charge in [0.05, 0.1) is 36.6 Å². The van der Waals surface area contributed by atoms with Crippen LogP contribution in [0.4, 0.5) is 0 Å². The van der Waals surface area contributed by atoms with E-state index in [0.717, 1.165) is 89.9 Å². The van der Waals surface area contributed by atoms with Gasteiger partial charge in [0, 0.05) is 157 Å². The Labute approximate surface area is 779 Å². The quantitative estimate of drug-likeness (QED) is 0.0252. The van der Waals surface area contributed by atoms with Crippen LogP contribution in [0.25, 0.3) is 0 Å². The highest BCUT2D eigenvalue weighted by molar-refractivity contribution is 5.77. The van der Waals surface area contributed by atoms with Crippen molar-refractivity contribution in [1.82, 2.24) is 51.5 Å². The van der Waals surface area contributed by atoms with Crippen molar-refractivity contribution in [3.63, 3.8) is 0 Å². The fourth-order valence-electron chi connectivity index (χ4n) is 17.7. The van der Waals surface area contributed by atoms with Gasteiger partial charge in [-0.3, -0.25) is 29.0 Å². The van der Waals surface area contributed by atoms with Gasteiger partial charge in [0.1, 0.15) is 0 Å². The summed E-state index contributed by atoms with van der Waals surface area (Å²) in [4.78, 5) is 64.1. The zero-order chi connectivity index (χ0) is 92.0. The van der Waals surface area contributed by atoms with Gasteiger partial charge in [0.2, 0.25) is 23.6 Å². The standard InChI is InChI=1S/C106H216N10O10/c1-7-13-19-25-31-37-43-49-55-61-67-97(117)91-107-77-79-109-103(123)73-83-113(85-75-105(125)111-81-87-115(93-99(119)69-63-57-51-45-39-33-27-21-15-9-3)94-100(120)70-64-58-52-46-40-34-28-22-16-10-4)89-90-114(84-74-104(124)110-80-78-108-92-98(118)68-62-56-50-44-38-32-26-20-14-8-2)86-76-106(126)112-82-88-116(95-101(121)71-65-59-53-47-41-35-29-23-17-11-5)96-102(122)72-66-60-54-48-42-36-30-24-18-12-6/h97-102,107-108,117-122H,7-96H2,1-6H3,(H,109,123)(H,110,124)(H,111,125)(H,112,126). The van der Waals surface area contributed by atoms with Crippen LogP contribution in [0, 0.1) is 0 Å². The first-order chi connectivity index (χ1) is 61.6. The van der Waals surface area contributed by atoms with Crippen LogP contribution in [0.1, 0.15) is 491 Å². The SMILES string of the molecule is CCCCCCCCCCCCC(O)CNCCNC(=O)CCN(CCC(=O)NCCN(CC(O)CCCCCCCCCCCC)CC(O)CCCCCCCCCCCC)CCN(CCC(=O)NCCNCC(O)CCCCCCCCCCCC)CCC(=O)NCCN(CC(O)CCCCCCCCCCCC)CC(O)CCCCCCCCCCCC. The smallest absolute Gasteiger partial charge is 0.221 e. The highest BCUT2D eigenvalue weighted by atomic mass is 16.3. The van der Waals surface area contributed by atoms with Crippen molar-refractivity contribution in [2.75, 3.05) is 131 Å². The zero-order valence-corrected chi connectivity index (χ0v) is 84.2. The lowest BCUT2D eigenvalue weighted by Crippen LogP contribution is -2.44. The molecule has 6 unspecified atom stereocenters. The van der Waals surface area contributed by atoms with Crippen LogP contribution < -0.4 is 31.9 Å². The molecule has 12 N–H and O–H groups in total. The predicted molar refractivity (Wildman–Crippen MR) is 537 cm³/mol. The zero-order valence-electron chi connectivity index (χ0n) is 84.2. The summed E-state index contributed by atoms with van der Waals surface area (Å²) < 4.78 is 0. The minimum atomic E-state index is -0.529. The van der Waals surface area contributed by atoms with E-state index in [9.17, 15) is 49.8 Å². The minimum absolute atomic E-state index is 0.114. The van der Waals surface area contributed by atoms with Crippen LogP contribution in [0.3, 0.4) is 0 Å². The molecule has 0 radical (unpaired) electrons. The summed E-state index contributed by atoms with van der Waals surface area (Å²) in [5, 5.41) is 86.5. The van der Waals surface area contributed by atoms with E-state index >= 15 is 0 Å². The number of nitrogens with zero attached hydrogens (tertiary/aromatic N) is 4. The fourth-order valence-corrected chi connectivity index (χ4v) is 17.7. The average Bonchev–Trinajstić information content (AvgIpc) is 0.935. The summed E-state index contributed by atoms with van der Waals surface area (Å²) in [5.41, 5.74) is 0. The summed E-state index contributed by atoms with van der Waals surface area (Å²) in [6.45, 7) is 22.2. The lowest BCUT2D eigenvalue weighted by molar-refractivity contribution is -0.123. The molecule has 126 heavy (non-hydrogen) atoms. The monoisotopic (exact) mass is 1790 g/mol. The lowest BCUT2D eigenvalue weighted by Gasteiger charge is -2.28. The second-order valence-electron chi connectivity index (χ2n) is 38.8. The van der Waals surface area contributed by atoms with E-state index in [4.69, 9.17) is 0 Å². The van der Waals surface area contributed by atoms with Gasteiger partial charge in [-0.2, -0.15) is 0 Å². The number of carbonyl (C=O) groups is 4. The topological polar surface area (TPSA) is 275 Å². The maximum absolute atomic E-state index is 14.1. The maximum Gasteiger partial charge on any atom is 0.221 e. The van der Waals surface area contributed by atoms with Crippen molar-refractivity contribution in [2.24, 2.45) is 0 Å². The normalized spacial score (nSPS) is 13.4. The molecule has 0 aromatic carbocycles. The minimum Gasteiger partial charge on any atom is -0.392 e. The Morgan fingerprint density at radius 2 is 0.357 bits per heavy atom. The second kappa shape index (κ2) is 98.4. The van der Waals surface area contributed by atoms with Crippen molar-refractivity contribution >= 4 is 23.6 Å². The number of nitrogens with one attached hydrogen (secondary N) is 6. The molecule has 0 spiro atoms. The Hall–Kier alpha value is -2.60. The average molecular weight is 1790 g/mol. The third-order valence-electron chi connectivity index (χ3n) is 26.1. The van der Waals surface area contributed by atoms with Crippen LogP contribution >= 0.6 is 0 Å². The first kappa shape index (κ1) is 123. The maximum atomic E-state index is 14.1. The van der Waals surface area contributed by atoms with E-state index in [1.807, 2.05) is 0 Å². The molecule has 0 fully saturated rings. The Kier molecular flexibility index (Phi) is 96.4. The number of hydrogen-bond acceptors (Lipinski definition) is 16. The number of rotatable bonds is 105. The fraction of sp³-hybridized carbons (Fsp3) is 0.962. The van der Waals surface area contributed by atoms with E-state index < -0.39 is 36.6 Å². The van der Waals surface area contributed by atoms with Gasteiger partial charge in [-0.1, -0.05) is 427 Å².